The molecule has 0 N–H and O–H groups in total. The molecule has 0 spiro atoms. The topological polar surface area (TPSA) is 38.8 Å². The molecule has 80 valence electrons. The Kier molecular flexibility index (Phi) is 5.04. The minimum absolute atomic E-state index is 0.163. The molecule has 1 heterocycles. The zero-order valence-corrected chi connectivity index (χ0v) is 9.09. The van der Waals surface area contributed by atoms with Gasteiger partial charge in [-0.25, -0.2) is 4.79 Å². The molecule has 0 amide bonds. The minimum atomic E-state index is -0.418. The maximum atomic E-state index is 10.9. The van der Waals surface area contributed by atoms with Gasteiger partial charge in [-0.3, -0.25) is 0 Å². The van der Waals surface area contributed by atoms with Crippen LogP contribution < -0.4 is 0 Å². The number of rotatable bonds is 7. The van der Waals surface area contributed by atoms with Gasteiger partial charge >= 0.3 is 5.97 Å². The molecule has 0 aromatic rings. The average Bonchev–Trinajstić information content (AvgIpc) is 2.94. The van der Waals surface area contributed by atoms with E-state index in [0.717, 1.165) is 32.3 Å². The fourth-order valence-corrected chi connectivity index (χ4v) is 1.20. The van der Waals surface area contributed by atoms with Gasteiger partial charge in [-0.05, 0) is 19.3 Å². The summed E-state index contributed by atoms with van der Waals surface area (Å²) in [5.74, 6) is -0.418. The first-order chi connectivity index (χ1) is 6.70. The summed E-state index contributed by atoms with van der Waals surface area (Å²) in [6.45, 7) is 4.76. The van der Waals surface area contributed by atoms with Crippen molar-refractivity contribution >= 4 is 18.6 Å². The molecule has 1 aliphatic heterocycles. The highest BCUT2D eigenvalue weighted by molar-refractivity contribution is 7.85. The van der Waals surface area contributed by atoms with Crippen LogP contribution >= 0.6 is 12.6 Å². The Morgan fingerprint density at radius 2 is 2.21 bits per heavy atom. The van der Waals surface area contributed by atoms with E-state index >= 15 is 0 Å². The molecule has 3 nitrogen and oxygen atoms in total. The Labute approximate surface area is 89.9 Å². The number of carbonyl (C=O) groups excluding carboxylic acids is 1. The summed E-state index contributed by atoms with van der Waals surface area (Å²) < 4.78 is 9.96. The van der Waals surface area contributed by atoms with Gasteiger partial charge in [0, 0.05) is 0 Å². The van der Waals surface area contributed by atoms with E-state index in [-0.39, 0.29) is 4.91 Å². The summed E-state index contributed by atoms with van der Waals surface area (Å²) in [6, 6.07) is 0. The summed E-state index contributed by atoms with van der Waals surface area (Å²) in [5.41, 5.74) is 0. The maximum absolute atomic E-state index is 10.9. The number of ether oxygens (including phenoxy) is 2. The lowest BCUT2D eigenvalue weighted by atomic mass is 10.2. The predicted molar refractivity (Wildman–Crippen MR) is 57.3 cm³/mol. The highest BCUT2D eigenvalue weighted by Crippen LogP contribution is 2.17. The molecule has 0 aromatic carbocycles. The molecular formula is C10H16O3S. The van der Waals surface area contributed by atoms with Crippen LogP contribution in [-0.4, -0.2) is 25.3 Å². The average molecular weight is 216 g/mol. The van der Waals surface area contributed by atoms with Crippen LogP contribution in [0.25, 0.3) is 0 Å². The van der Waals surface area contributed by atoms with Crippen LogP contribution in [0.5, 0.6) is 0 Å². The fourth-order valence-electron chi connectivity index (χ4n) is 1.13. The first-order valence-electron chi connectivity index (χ1n) is 4.86. The van der Waals surface area contributed by atoms with Gasteiger partial charge < -0.3 is 9.47 Å². The number of unbranched alkanes of at least 4 members (excludes halogenated alkanes) is 2. The molecule has 1 aliphatic rings. The van der Waals surface area contributed by atoms with Crippen LogP contribution in [-0.2, 0) is 14.3 Å². The third-order valence-corrected chi connectivity index (χ3v) is 2.22. The van der Waals surface area contributed by atoms with Crippen LogP contribution in [0.4, 0.5) is 0 Å². The van der Waals surface area contributed by atoms with Crippen molar-refractivity contribution in [1.29, 1.82) is 0 Å². The second-order valence-corrected chi connectivity index (χ2v) is 3.93. The van der Waals surface area contributed by atoms with E-state index in [0.29, 0.717) is 12.7 Å². The van der Waals surface area contributed by atoms with Crippen LogP contribution in [0.2, 0.25) is 0 Å². The summed E-state index contributed by atoms with van der Waals surface area (Å²) >= 11 is 3.79. The zero-order chi connectivity index (χ0) is 10.4. The van der Waals surface area contributed by atoms with Crippen molar-refractivity contribution in [2.45, 2.75) is 31.8 Å². The molecule has 1 saturated heterocycles. The second-order valence-electron chi connectivity index (χ2n) is 3.39. The molecule has 14 heavy (non-hydrogen) atoms. The van der Waals surface area contributed by atoms with Gasteiger partial charge in [0.1, 0.15) is 0 Å². The van der Waals surface area contributed by atoms with Gasteiger partial charge in [-0.1, -0.05) is 13.0 Å². The fraction of sp³-hybridized carbons (Fsp3) is 0.700. The molecule has 0 bridgehead atoms. The van der Waals surface area contributed by atoms with Gasteiger partial charge in [0.25, 0.3) is 0 Å². The SMILES string of the molecule is C=C(S)C(=O)OCCCCCC1CO1. The standard InChI is InChI=1S/C10H16O3S/c1-8(14)10(11)12-6-4-2-3-5-9-7-13-9/h9,14H,1-7H2. The first-order valence-corrected chi connectivity index (χ1v) is 5.31. The van der Waals surface area contributed by atoms with Gasteiger partial charge in [0.05, 0.1) is 24.2 Å². The van der Waals surface area contributed by atoms with Crippen LogP contribution in [0.3, 0.4) is 0 Å². The molecule has 1 fully saturated rings. The van der Waals surface area contributed by atoms with Crippen molar-refractivity contribution in [3.63, 3.8) is 0 Å². The number of carbonyl (C=O) groups is 1. The first kappa shape index (κ1) is 11.6. The van der Waals surface area contributed by atoms with Crippen LogP contribution in [0.15, 0.2) is 11.5 Å². The summed E-state index contributed by atoms with van der Waals surface area (Å²) in [5, 5.41) is 0. The van der Waals surface area contributed by atoms with E-state index in [1.807, 2.05) is 0 Å². The largest absolute Gasteiger partial charge is 0.462 e. The second kappa shape index (κ2) is 6.09. The molecule has 0 radical (unpaired) electrons. The van der Waals surface area contributed by atoms with Crippen molar-refractivity contribution in [1.82, 2.24) is 0 Å². The van der Waals surface area contributed by atoms with Gasteiger partial charge in [0.15, 0.2) is 0 Å². The van der Waals surface area contributed by atoms with E-state index in [1.54, 1.807) is 0 Å². The normalized spacial score (nSPS) is 19.1. The monoisotopic (exact) mass is 216 g/mol. The summed E-state index contributed by atoms with van der Waals surface area (Å²) in [6.07, 6.45) is 4.76. The van der Waals surface area contributed by atoms with E-state index in [4.69, 9.17) is 9.47 Å². The highest BCUT2D eigenvalue weighted by Gasteiger charge is 2.20. The number of hydrogen-bond donors (Lipinski definition) is 1. The van der Waals surface area contributed by atoms with E-state index in [2.05, 4.69) is 19.2 Å². The van der Waals surface area contributed by atoms with Crippen LogP contribution in [0.1, 0.15) is 25.7 Å². The number of epoxide rings is 1. The van der Waals surface area contributed by atoms with Gasteiger partial charge in [-0.15, -0.1) is 12.6 Å². The van der Waals surface area contributed by atoms with Crippen molar-refractivity contribution in [3.8, 4) is 0 Å². The third-order valence-electron chi connectivity index (χ3n) is 2.04. The van der Waals surface area contributed by atoms with Crippen molar-refractivity contribution in [2.24, 2.45) is 0 Å². The van der Waals surface area contributed by atoms with Crippen molar-refractivity contribution in [2.75, 3.05) is 13.2 Å². The molecule has 1 rings (SSSR count). The van der Waals surface area contributed by atoms with Gasteiger partial charge in [0.2, 0.25) is 0 Å². The third kappa shape index (κ3) is 5.29. The molecule has 1 unspecified atom stereocenters. The van der Waals surface area contributed by atoms with Crippen LogP contribution in [0, 0.1) is 0 Å². The van der Waals surface area contributed by atoms with E-state index in [1.165, 1.54) is 0 Å². The molecular weight excluding hydrogens is 200 g/mol. The Hall–Kier alpha value is -0.480. The molecule has 0 aliphatic carbocycles. The summed E-state index contributed by atoms with van der Waals surface area (Å²) in [7, 11) is 0. The lowest BCUT2D eigenvalue weighted by Gasteiger charge is -2.02. The highest BCUT2D eigenvalue weighted by atomic mass is 32.1. The minimum Gasteiger partial charge on any atom is -0.462 e. The van der Waals surface area contributed by atoms with E-state index in [9.17, 15) is 4.79 Å². The van der Waals surface area contributed by atoms with E-state index < -0.39 is 5.97 Å². The number of hydrogen-bond acceptors (Lipinski definition) is 4. The smallest absolute Gasteiger partial charge is 0.343 e. The van der Waals surface area contributed by atoms with Crippen molar-refractivity contribution < 1.29 is 14.3 Å². The molecule has 0 saturated carbocycles. The summed E-state index contributed by atoms with van der Waals surface area (Å²) in [4.78, 5) is 11.0. The predicted octanol–water partition coefficient (Wildman–Crippen LogP) is 1.93. The Bertz CT molecular complexity index is 211. The Balaban J connectivity index is 1.83. The zero-order valence-electron chi connectivity index (χ0n) is 8.20. The Morgan fingerprint density at radius 1 is 1.50 bits per heavy atom. The number of esters is 1. The lowest BCUT2D eigenvalue weighted by Crippen LogP contribution is -2.05. The van der Waals surface area contributed by atoms with Crippen molar-refractivity contribution in [3.05, 3.63) is 11.5 Å². The molecule has 0 aromatic heterocycles. The molecule has 4 heteroatoms. The lowest BCUT2D eigenvalue weighted by molar-refractivity contribution is -0.138. The number of thiol groups is 1. The Morgan fingerprint density at radius 3 is 2.79 bits per heavy atom. The van der Waals surface area contributed by atoms with Gasteiger partial charge in [-0.2, -0.15) is 0 Å². The quantitative estimate of drug-likeness (QED) is 0.232. The molecule has 1 atom stereocenters. The maximum Gasteiger partial charge on any atom is 0.343 e.